The van der Waals surface area contributed by atoms with Gasteiger partial charge in [0.15, 0.2) is 5.11 Å². The number of aryl methyl sites for hydroxylation is 2. The summed E-state index contributed by atoms with van der Waals surface area (Å²) < 4.78 is 0. The Morgan fingerprint density at radius 2 is 1.88 bits per heavy atom. The summed E-state index contributed by atoms with van der Waals surface area (Å²) in [6.07, 6.45) is 4.42. The molecule has 1 aromatic heterocycles. The van der Waals surface area contributed by atoms with Gasteiger partial charge in [0.25, 0.3) is 0 Å². The molecule has 0 amide bonds. The Kier molecular flexibility index (Phi) is 6.44. The van der Waals surface area contributed by atoms with Crippen molar-refractivity contribution < 1.29 is 0 Å². The predicted molar refractivity (Wildman–Crippen MR) is 142 cm³/mol. The molecule has 174 valence electrons. The van der Waals surface area contributed by atoms with Gasteiger partial charge in [-0.3, -0.25) is 0 Å². The van der Waals surface area contributed by atoms with Crippen LogP contribution in [0.15, 0.2) is 48.5 Å². The lowest BCUT2D eigenvalue weighted by Gasteiger charge is -2.46. The van der Waals surface area contributed by atoms with Crippen LogP contribution in [0.1, 0.15) is 48.6 Å². The number of fused-ring (bicyclic) bond motifs is 2. The summed E-state index contributed by atoms with van der Waals surface area (Å²) in [5.41, 5.74) is 7.21. The number of aromatic amines is 1. The van der Waals surface area contributed by atoms with Crippen LogP contribution in [0.25, 0.3) is 10.9 Å². The van der Waals surface area contributed by atoms with Crippen molar-refractivity contribution in [3.63, 3.8) is 0 Å². The normalized spacial score (nSPS) is 22.2. The van der Waals surface area contributed by atoms with Gasteiger partial charge in [0.2, 0.25) is 0 Å². The van der Waals surface area contributed by atoms with Crippen molar-refractivity contribution in [3.05, 3.63) is 70.9 Å². The summed E-state index contributed by atoms with van der Waals surface area (Å²) >= 11 is 5.73. The van der Waals surface area contributed by atoms with Crippen molar-refractivity contribution in [2.45, 2.75) is 57.5 Å². The number of likely N-dealkylation sites (N-methyl/N-ethyl adjacent to an activating group) is 1. The third-order valence-corrected chi connectivity index (χ3v) is 8.20. The first-order chi connectivity index (χ1) is 16.1. The highest BCUT2D eigenvalue weighted by Gasteiger charge is 2.40. The number of nitrogens with zero attached hydrogens (tertiary/aromatic N) is 2. The fourth-order valence-corrected chi connectivity index (χ4v) is 6.54. The van der Waals surface area contributed by atoms with Crippen molar-refractivity contribution in [2.75, 3.05) is 26.7 Å². The summed E-state index contributed by atoms with van der Waals surface area (Å²) in [7, 11) is 2.30. The largest absolute Gasteiger partial charge is 0.359 e. The molecule has 3 aromatic rings. The van der Waals surface area contributed by atoms with E-state index in [1.807, 2.05) is 0 Å². The van der Waals surface area contributed by atoms with E-state index in [2.05, 4.69) is 89.5 Å². The lowest BCUT2D eigenvalue weighted by atomic mass is 9.73. The molecule has 2 aliphatic rings. The SMILES string of the molecule is CCN(CC)C(=S)N[C@H]1CC2c3cccc4[nH]c(CCc5ccccc5)c(c34)C[C@H]2N(C)C1. The molecule has 0 spiro atoms. The molecule has 0 radical (unpaired) electrons. The summed E-state index contributed by atoms with van der Waals surface area (Å²) in [4.78, 5) is 8.62. The number of hydrogen-bond donors (Lipinski definition) is 2. The average Bonchev–Trinajstić information content (AvgIpc) is 3.18. The van der Waals surface area contributed by atoms with Crippen LogP contribution in [-0.4, -0.2) is 58.7 Å². The monoisotopic (exact) mass is 460 g/mol. The number of nitrogens with one attached hydrogen (secondary N) is 2. The number of rotatable bonds is 6. The van der Waals surface area contributed by atoms with Gasteiger partial charge in [-0.25, -0.2) is 0 Å². The smallest absolute Gasteiger partial charge is 0.169 e. The summed E-state index contributed by atoms with van der Waals surface area (Å²) in [5, 5.41) is 6.08. The van der Waals surface area contributed by atoms with Crippen LogP contribution >= 0.6 is 12.2 Å². The zero-order valence-corrected chi connectivity index (χ0v) is 20.9. The first-order valence-corrected chi connectivity index (χ1v) is 12.9. The standard InChI is InChI=1S/C28H36N4S/c1-4-32(5-2)28(33)29-20-16-22-21-12-9-13-25-27(21)23(17-26(22)31(3)18-20)24(30-25)15-14-19-10-7-6-8-11-19/h6-13,20,22,26,30H,4-5,14-18H2,1-3H3,(H,29,33)/t20-,22?,26+/m0/s1. The molecule has 0 bridgehead atoms. The van der Waals surface area contributed by atoms with Crippen molar-refractivity contribution in [3.8, 4) is 0 Å². The Hall–Kier alpha value is -2.37. The average molecular weight is 461 g/mol. The Balaban J connectivity index is 1.41. The molecule has 1 aliphatic carbocycles. The molecule has 5 heteroatoms. The third kappa shape index (κ3) is 4.29. The first kappa shape index (κ1) is 22.4. The zero-order valence-electron chi connectivity index (χ0n) is 20.1. The van der Waals surface area contributed by atoms with Gasteiger partial charge in [0.05, 0.1) is 0 Å². The number of likely N-dealkylation sites (tertiary alicyclic amines) is 1. The molecule has 33 heavy (non-hydrogen) atoms. The number of aromatic nitrogens is 1. The lowest BCUT2D eigenvalue weighted by Crippen LogP contribution is -2.56. The maximum atomic E-state index is 5.73. The van der Waals surface area contributed by atoms with Crippen LogP contribution in [0.2, 0.25) is 0 Å². The molecule has 1 aliphatic heterocycles. The number of H-pyrrole nitrogens is 1. The molecule has 1 saturated heterocycles. The third-order valence-electron chi connectivity index (χ3n) is 7.82. The Morgan fingerprint density at radius 3 is 2.64 bits per heavy atom. The Morgan fingerprint density at radius 1 is 1.09 bits per heavy atom. The number of piperidine rings is 1. The zero-order chi connectivity index (χ0) is 22.9. The quantitative estimate of drug-likeness (QED) is 0.514. The molecule has 2 heterocycles. The van der Waals surface area contributed by atoms with E-state index in [9.17, 15) is 0 Å². The Labute approximate surface area is 203 Å². The van der Waals surface area contributed by atoms with Gasteiger partial charge in [-0.05, 0) is 81.6 Å². The maximum Gasteiger partial charge on any atom is 0.169 e. The Bertz CT molecular complexity index is 1120. The van der Waals surface area contributed by atoms with Gasteiger partial charge in [-0.1, -0.05) is 42.5 Å². The minimum Gasteiger partial charge on any atom is -0.359 e. The molecule has 5 rings (SSSR count). The van der Waals surface area contributed by atoms with Crippen LogP contribution in [0, 0.1) is 0 Å². The molecule has 2 N–H and O–H groups in total. The highest BCUT2D eigenvalue weighted by Crippen LogP contribution is 2.44. The van der Waals surface area contributed by atoms with Gasteiger partial charge in [0, 0.05) is 54.2 Å². The minimum atomic E-state index is 0.387. The van der Waals surface area contributed by atoms with E-state index in [1.54, 1.807) is 5.56 Å². The highest BCUT2D eigenvalue weighted by molar-refractivity contribution is 7.80. The van der Waals surface area contributed by atoms with Crippen LogP contribution in [0.5, 0.6) is 0 Å². The molecule has 1 unspecified atom stereocenters. The van der Waals surface area contributed by atoms with Crippen molar-refractivity contribution in [1.82, 2.24) is 20.1 Å². The van der Waals surface area contributed by atoms with Crippen LogP contribution in [-0.2, 0) is 19.3 Å². The van der Waals surface area contributed by atoms with Crippen LogP contribution in [0.4, 0.5) is 0 Å². The van der Waals surface area contributed by atoms with Crippen molar-refractivity contribution in [2.24, 2.45) is 0 Å². The van der Waals surface area contributed by atoms with Crippen LogP contribution < -0.4 is 5.32 Å². The molecule has 2 aromatic carbocycles. The van der Waals surface area contributed by atoms with Gasteiger partial charge in [-0.15, -0.1) is 0 Å². The summed E-state index contributed by atoms with van der Waals surface area (Å²) in [5.74, 6) is 0.537. The van der Waals surface area contributed by atoms with Crippen LogP contribution in [0.3, 0.4) is 0 Å². The van der Waals surface area contributed by atoms with Crippen molar-refractivity contribution >= 4 is 28.2 Å². The maximum absolute atomic E-state index is 5.73. The number of hydrogen-bond acceptors (Lipinski definition) is 2. The summed E-state index contributed by atoms with van der Waals surface area (Å²) in [6.45, 7) is 7.29. The van der Waals surface area contributed by atoms with E-state index in [0.29, 0.717) is 18.0 Å². The fourth-order valence-electron chi connectivity index (χ4n) is 6.11. The molecule has 4 nitrogen and oxygen atoms in total. The number of thiocarbonyl (C=S) groups is 1. The molecular weight excluding hydrogens is 424 g/mol. The topological polar surface area (TPSA) is 34.3 Å². The second-order valence-corrected chi connectivity index (χ2v) is 10.1. The van der Waals surface area contributed by atoms with E-state index in [0.717, 1.165) is 50.4 Å². The van der Waals surface area contributed by atoms with E-state index in [1.165, 1.54) is 27.7 Å². The molecule has 3 atom stereocenters. The second kappa shape index (κ2) is 9.47. The van der Waals surface area contributed by atoms with E-state index in [-0.39, 0.29) is 0 Å². The van der Waals surface area contributed by atoms with Gasteiger partial charge < -0.3 is 20.1 Å². The molecule has 0 saturated carbocycles. The van der Waals surface area contributed by atoms with E-state index in [4.69, 9.17) is 12.2 Å². The van der Waals surface area contributed by atoms with Gasteiger partial charge in [-0.2, -0.15) is 0 Å². The van der Waals surface area contributed by atoms with Crippen molar-refractivity contribution in [1.29, 1.82) is 0 Å². The highest BCUT2D eigenvalue weighted by atomic mass is 32.1. The lowest BCUT2D eigenvalue weighted by molar-refractivity contribution is 0.133. The molecule has 1 fully saturated rings. The second-order valence-electron chi connectivity index (χ2n) is 9.71. The fraction of sp³-hybridized carbons (Fsp3) is 0.464. The first-order valence-electron chi connectivity index (χ1n) is 12.5. The van der Waals surface area contributed by atoms with Gasteiger partial charge >= 0.3 is 0 Å². The van der Waals surface area contributed by atoms with Gasteiger partial charge in [0.1, 0.15) is 0 Å². The number of benzene rings is 2. The van der Waals surface area contributed by atoms with E-state index < -0.39 is 0 Å². The molecular formula is C28H36N4S. The predicted octanol–water partition coefficient (Wildman–Crippen LogP) is 4.88. The minimum absolute atomic E-state index is 0.387. The van der Waals surface area contributed by atoms with E-state index >= 15 is 0 Å². The summed E-state index contributed by atoms with van der Waals surface area (Å²) in [6, 6.07) is 18.6.